The average Bonchev–Trinajstić information content (AvgIpc) is 2.88. The van der Waals surface area contributed by atoms with Crippen molar-refractivity contribution in [1.29, 1.82) is 0 Å². The first-order valence-corrected chi connectivity index (χ1v) is 6.98. The molecule has 2 N–H and O–H groups in total. The van der Waals surface area contributed by atoms with Crippen LogP contribution in [0.4, 0.5) is 12.6 Å². The molecule has 2 aromatic heterocycles. The van der Waals surface area contributed by atoms with Gasteiger partial charge in [0.1, 0.15) is 6.33 Å². The molecular weight excluding hydrogens is 294 g/mol. The Labute approximate surface area is 111 Å². The van der Waals surface area contributed by atoms with Gasteiger partial charge >= 0.3 is 13.6 Å². The molecule has 0 unspecified atom stereocenters. The van der Waals surface area contributed by atoms with Gasteiger partial charge in [-0.3, -0.25) is 9.20 Å². The molecule has 0 spiro atoms. The summed E-state index contributed by atoms with van der Waals surface area (Å²) in [5, 5.41) is 7.11. The Morgan fingerprint density at radius 3 is 2.75 bits per heavy atom. The lowest BCUT2D eigenvalue weighted by Gasteiger charge is -2.06. The minimum absolute atomic E-state index is 0.101. The van der Waals surface area contributed by atoms with Crippen molar-refractivity contribution in [3.8, 4) is 0 Å². The minimum Gasteiger partial charge on any atom is -0.366 e. The number of hydrogen-bond acceptors (Lipinski definition) is 4. The van der Waals surface area contributed by atoms with Crippen LogP contribution in [0.2, 0.25) is 0 Å². The fraction of sp³-hybridized carbons (Fsp3) is 0.200. The van der Waals surface area contributed by atoms with Crippen molar-refractivity contribution in [3.05, 3.63) is 23.2 Å². The lowest BCUT2D eigenvalue weighted by molar-refractivity contribution is -0.112. The van der Waals surface area contributed by atoms with Gasteiger partial charge in [-0.05, 0) is 6.92 Å². The molecule has 1 amide bonds. The fourth-order valence-electron chi connectivity index (χ4n) is 2.40. The number of rotatable bonds is 2. The van der Waals surface area contributed by atoms with E-state index in [1.165, 1.54) is 10.7 Å². The molecule has 20 heavy (non-hydrogen) atoms. The van der Waals surface area contributed by atoms with Crippen molar-refractivity contribution in [3.63, 3.8) is 0 Å². The summed E-state index contributed by atoms with van der Waals surface area (Å²) < 4.78 is 41.1. The number of hydrogen-bond donors (Lipinski definition) is 1. The maximum absolute atomic E-state index is 13.3. The number of halogens is 3. The second-order valence-electron chi connectivity index (χ2n) is 4.40. The molecule has 1 aliphatic carbocycles. The molecule has 3 rings (SSSR count). The molecule has 2 aromatic rings. The second kappa shape index (κ2) is 3.99. The zero-order valence-corrected chi connectivity index (χ0v) is 11.0. The molecule has 0 aliphatic heterocycles. The summed E-state index contributed by atoms with van der Waals surface area (Å²) in [5.41, 5.74) is 4.65. The van der Waals surface area contributed by atoms with Gasteiger partial charge in [0.05, 0.1) is 11.1 Å². The number of carbonyl (C=O) groups excluding carboxylic acids is 1. The van der Waals surface area contributed by atoms with Crippen LogP contribution in [0.15, 0.2) is 11.9 Å². The molecule has 0 aromatic carbocycles. The van der Waals surface area contributed by atoms with Crippen LogP contribution in [0.25, 0.3) is 11.4 Å². The van der Waals surface area contributed by atoms with Crippen molar-refractivity contribution in [2.45, 2.75) is 13.3 Å². The van der Waals surface area contributed by atoms with Gasteiger partial charge in [0, 0.05) is 24.7 Å². The van der Waals surface area contributed by atoms with E-state index in [-0.39, 0.29) is 23.3 Å². The van der Waals surface area contributed by atoms with E-state index in [0.29, 0.717) is 11.3 Å². The summed E-state index contributed by atoms with van der Waals surface area (Å²) >= 11 is 0. The van der Waals surface area contributed by atoms with E-state index in [2.05, 4.69) is 15.2 Å². The summed E-state index contributed by atoms with van der Waals surface area (Å²) in [5.74, 6) is -1.01. The lowest BCUT2D eigenvalue weighted by atomic mass is 10.1. The van der Waals surface area contributed by atoms with E-state index < -0.39 is 19.5 Å². The maximum atomic E-state index is 13.3. The Morgan fingerprint density at radius 2 is 2.15 bits per heavy atom. The van der Waals surface area contributed by atoms with Gasteiger partial charge in [-0.15, -0.1) is 10.2 Å². The van der Waals surface area contributed by atoms with Gasteiger partial charge in [-0.2, -0.15) is 4.98 Å². The van der Waals surface area contributed by atoms with Gasteiger partial charge in [0.25, 0.3) is 5.78 Å². The third-order valence-electron chi connectivity index (χ3n) is 3.13. The van der Waals surface area contributed by atoms with Gasteiger partial charge in [-0.25, -0.2) is 0 Å². The number of nitrogens with two attached hydrogens (primary N) is 1. The molecule has 6 nitrogen and oxygen atoms in total. The van der Waals surface area contributed by atoms with Crippen molar-refractivity contribution >= 4 is 30.9 Å². The predicted molar refractivity (Wildman–Crippen MR) is 66.2 cm³/mol. The Bertz CT molecular complexity index is 779. The summed E-state index contributed by atoms with van der Waals surface area (Å²) in [7, 11) is -5.93. The van der Waals surface area contributed by atoms with E-state index in [4.69, 9.17) is 5.73 Å². The van der Waals surface area contributed by atoms with Gasteiger partial charge < -0.3 is 5.73 Å². The van der Waals surface area contributed by atoms with Crippen LogP contribution in [0.3, 0.4) is 0 Å². The number of aromatic nitrogens is 4. The molecule has 1 aliphatic rings. The molecule has 0 saturated heterocycles. The van der Waals surface area contributed by atoms with Gasteiger partial charge in [0.15, 0.2) is 0 Å². The van der Waals surface area contributed by atoms with Gasteiger partial charge in [0.2, 0.25) is 5.91 Å². The molecule has 0 fully saturated rings. The number of carbonyl (C=O) groups is 1. The number of nitrogens with zero attached hydrogens (tertiary/aromatic N) is 4. The molecule has 0 saturated carbocycles. The Balaban J connectivity index is 2.43. The first kappa shape index (κ1) is 13.0. The standard InChI is InChI=1S/C10H7F3N5OP/c1-4-2-5-7(6(4)8(14)19)9(20(11,12)13)16-10-17-15-3-18(5)10/h3H,2H2,1H3,(H-,14,19)/p+1. The smallest absolute Gasteiger partial charge is 0.366 e. The van der Waals surface area contributed by atoms with Crippen LogP contribution in [0.1, 0.15) is 18.2 Å². The van der Waals surface area contributed by atoms with Crippen LogP contribution in [0, 0.1) is 0 Å². The van der Waals surface area contributed by atoms with Crippen LogP contribution in [-0.2, 0) is 11.2 Å². The first-order chi connectivity index (χ1) is 9.30. The zero-order chi connectivity index (χ0) is 14.7. The number of fused-ring (bicyclic) bond motifs is 3. The summed E-state index contributed by atoms with van der Waals surface area (Å²) in [4.78, 5) is 15.0. The van der Waals surface area contributed by atoms with E-state index in [9.17, 15) is 17.4 Å². The lowest BCUT2D eigenvalue weighted by Crippen LogP contribution is -2.22. The molecule has 2 heterocycles. The maximum Gasteiger partial charge on any atom is 0.621 e. The fourth-order valence-corrected chi connectivity index (χ4v) is 3.09. The van der Waals surface area contributed by atoms with Crippen molar-refractivity contribution in [1.82, 2.24) is 19.6 Å². The number of primary amides is 1. The van der Waals surface area contributed by atoms with E-state index in [1.54, 1.807) is 6.92 Å². The van der Waals surface area contributed by atoms with E-state index in [0.717, 1.165) is 0 Å². The first-order valence-electron chi connectivity index (χ1n) is 5.52. The summed E-state index contributed by atoms with van der Waals surface area (Å²) in [6.07, 6.45) is 1.47. The third-order valence-corrected chi connectivity index (χ3v) is 3.94. The summed E-state index contributed by atoms with van der Waals surface area (Å²) in [6.45, 7) is 1.58. The largest absolute Gasteiger partial charge is 0.621 e. The SMILES string of the molecule is CC1=C(C(N)=O)c2c([P+](F)(F)F)nc3nncn3c2C1. The normalized spacial score (nSPS) is 15.0. The Hall–Kier alpha value is -2.02. The highest BCUT2D eigenvalue weighted by atomic mass is 31.3. The number of amides is 1. The van der Waals surface area contributed by atoms with Crippen LogP contribution in [-0.4, -0.2) is 25.5 Å². The van der Waals surface area contributed by atoms with Crippen LogP contribution >= 0.6 is 8.19 Å². The quantitative estimate of drug-likeness (QED) is 0.846. The van der Waals surface area contributed by atoms with E-state index in [1.807, 2.05) is 0 Å². The molecular formula is C10H8F3N5OP+. The summed E-state index contributed by atoms with van der Waals surface area (Å²) in [6, 6.07) is 0. The highest BCUT2D eigenvalue weighted by Gasteiger charge is 2.54. The highest BCUT2D eigenvalue weighted by Crippen LogP contribution is 2.64. The predicted octanol–water partition coefficient (Wildman–Crippen LogP) is 1.24. The molecule has 0 atom stereocenters. The van der Waals surface area contributed by atoms with Crippen LogP contribution < -0.4 is 11.2 Å². The number of allylic oxidation sites excluding steroid dienone is 1. The minimum atomic E-state index is -5.93. The zero-order valence-electron chi connectivity index (χ0n) is 10.1. The molecule has 0 radical (unpaired) electrons. The second-order valence-corrected chi connectivity index (χ2v) is 5.71. The average molecular weight is 302 g/mol. The third kappa shape index (κ3) is 1.70. The van der Waals surface area contributed by atoms with E-state index >= 15 is 0 Å². The topological polar surface area (TPSA) is 86.2 Å². The monoisotopic (exact) mass is 302 g/mol. The molecule has 104 valence electrons. The Morgan fingerprint density at radius 1 is 1.45 bits per heavy atom. The van der Waals surface area contributed by atoms with Crippen molar-refractivity contribution < 1.29 is 17.4 Å². The molecule has 0 bridgehead atoms. The highest BCUT2D eigenvalue weighted by molar-refractivity contribution is 7.68. The van der Waals surface area contributed by atoms with Gasteiger partial charge in [-0.1, -0.05) is 5.57 Å². The molecule has 10 heteroatoms. The van der Waals surface area contributed by atoms with Crippen LogP contribution in [0.5, 0.6) is 0 Å². The van der Waals surface area contributed by atoms with Crippen molar-refractivity contribution in [2.24, 2.45) is 5.73 Å². The Kier molecular flexibility index (Phi) is 2.59. The van der Waals surface area contributed by atoms with Crippen molar-refractivity contribution in [2.75, 3.05) is 0 Å².